The summed E-state index contributed by atoms with van der Waals surface area (Å²) in [4.78, 5) is 12.4. The van der Waals surface area contributed by atoms with Crippen molar-refractivity contribution < 1.29 is 14.3 Å². The van der Waals surface area contributed by atoms with Crippen molar-refractivity contribution in [1.29, 1.82) is 0 Å². The van der Waals surface area contributed by atoms with Crippen molar-refractivity contribution in [2.75, 3.05) is 12.4 Å². The molecule has 2 aromatic carbocycles. The van der Waals surface area contributed by atoms with Gasteiger partial charge in [0.1, 0.15) is 11.4 Å². The van der Waals surface area contributed by atoms with Crippen LogP contribution >= 0.6 is 0 Å². The Morgan fingerprint density at radius 2 is 1.76 bits per heavy atom. The number of benzene rings is 2. The number of hydrogen-bond donors (Lipinski definition) is 1. The summed E-state index contributed by atoms with van der Waals surface area (Å²) in [6.07, 6.45) is 6.98. The van der Waals surface area contributed by atoms with Gasteiger partial charge in [-0.05, 0) is 56.4 Å². The molecule has 0 saturated heterocycles. The van der Waals surface area contributed by atoms with E-state index in [4.69, 9.17) is 9.47 Å². The van der Waals surface area contributed by atoms with Gasteiger partial charge in [-0.15, -0.1) is 0 Å². The van der Waals surface area contributed by atoms with E-state index in [1.165, 1.54) is 32.1 Å². The summed E-state index contributed by atoms with van der Waals surface area (Å²) in [5.41, 5.74) is 3.41. The Kier molecular flexibility index (Phi) is 6.83. The van der Waals surface area contributed by atoms with Crippen LogP contribution in [0.3, 0.4) is 0 Å². The van der Waals surface area contributed by atoms with Gasteiger partial charge in [-0.25, -0.2) is 4.79 Å². The van der Waals surface area contributed by atoms with Crippen LogP contribution in [0.25, 0.3) is 11.1 Å². The van der Waals surface area contributed by atoms with Gasteiger partial charge in [0, 0.05) is 11.3 Å². The summed E-state index contributed by atoms with van der Waals surface area (Å²) < 4.78 is 11.3. The summed E-state index contributed by atoms with van der Waals surface area (Å²) >= 11 is 0. The highest BCUT2D eigenvalue weighted by molar-refractivity contribution is 5.88. The van der Waals surface area contributed by atoms with Crippen molar-refractivity contribution in [3.05, 3.63) is 48.0 Å². The van der Waals surface area contributed by atoms with Crippen molar-refractivity contribution in [3.8, 4) is 16.9 Å². The van der Waals surface area contributed by atoms with Crippen LogP contribution in [0, 0.1) is 5.92 Å². The highest BCUT2D eigenvalue weighted by Gasteiger charge is 2.21. The summed E-state index contributed by atoms with van der Waals surface area (Å²) in [6.45, 7) is 5.60. The van der Waals surface area contributed by atoms with Gasteiger partial charge < -0.3 is 9.47 Å². The fourth-order valence-corrected chi connectivity index (χ4v) is 4.11. The van der Waals surface area contributed by atoms with Crippen molar-refractivity contribution in [2.45, 2.75) is 64.9 Å². The normalized spacial score (nSPS) is 15.0. The first-order valence-corrected chi connectivity index (χ1v) is 10.6. The van der Waals surface area contributed by atoms with Crippen LogP contribution in [-0.2, 0) is 11.2 Å². The van der Waals surface area contributed by atoms with Crippen LogP contribution in [0.1, 0.15) is 58.4 Å². The fraction of sp³-hybridized carbons (Fsp3) is 0.480. The lowest BCUT2D eigenvalue weighted by atomic mass is 9.84. The largest absolute Gasteiger partial charge is 0.496 e. The standard InChI is InChI=1S/C25H33NO3/c1-25(2,3)29-24(27)26-21-16-20(15-18-11-7-5-8-12-18)23(28-4)22(17-21)19-13-9-6-10-14-19/h6,9-10,13-14,16-18H,5,7-8,11-12,15H2,1-4H3,(H,26,27). The number of nitrogens with one attached hydrogen (secondary N) is 1. The van der Waals surface area contributed by atoms with Crippen LogP contribution in [0.5, 0.6) is 5.75 Å². The third-order valence-electron chi connectivity index (χ3n) is 5.33. The fourth-order valence-electron chi connectivity index (χ4n) is 4.11. The number of anilines is 1. The zero-order chi connectivity index (χ0) is 20.9. The van der Waals surface area contributed by atoms with Crippen LogP contribution in [-0.4, -0.2) is 18.8 Å². The van der Waals surface area contributed by atoms with Gasteiger partial charge in [0.15, 0.2) is 0 Å². The lowest BCUT2D eigenvalue weighted by molar-refractivity contribution is 0.0636. The SMILES string of the molecule is COc1c(CC2CCCCC2)cc(NC(=O)OC(C)(C)C)cc1-c1ccccc1. The second kappa shape index (κ2) is 9.34. The third-order valence-corrected chi connectivity index (χ3v) is 5.33. The molecular formula is C25H33NO3. The number of methoxy groups -OCH3 is 1. The smallest absolute Gasteiger partial charge is 0.412 e. The molecule has 1 amide bonds. The second-order valence-electron chi connectivity index (χ2n) is 8.92. The molecule has 0 aromatic heterocycles. The van der Waals surface area contributed by atoms with Gasteiger partial charge in [0.05, 0.1) is 7.11 Å². The molecule has 0 spiro atoms. The summed E-state index contributed by atoms with van der Waals surface area (Å²) in [5.74, 6) is 1.56. The van der Waals surface area contributed by atoms with Gasteiger partial charge in [0.2, 0.25) is 0 Å². The van der Waals surface area contributed by atoms with Gasteiger partial charge >= 0.3 is 6.09 Å². The number of carbonyl (C=O) groups excluding carboxylic acids is 1. The summed E-state index contributed by atoms with van der Waals surface area (Å²) in [7, 11) is 1.73. The average molecular weight is 396 g/mol. The molecule has 2 aromatic rings. The van der Waals surface area contributed by atoms with Crippen molar-refractivity contribution in [2.24, 2.45) is 5.92 Å². The molecule has 1 N–H and O–H groups in total. The first-order chi connectivity index (χ1) is 13.9. The maximum atomic E-state index is 12.4. The highest BCUT2D eigenvalue weighted by Crippen LogP contribution is 2.39. The van der Waals surface area contributed by atoms with E-state index in [2.05, 4.69) is 17.4 Å². The molecule has 4 heteroatoms. The topological polar surface area (TPSA) is 47.6 Å². The quantitative estimate of drug-likeness (QED) is 0.603. The van der Waals surface area contributed by atoms with Gasteiger partial charge in [-0.3, -0.25) is 5.32 Å². The van der Waals surface area contributed by atoms with Crippen LogP contribution in [0.4, 0.5) is 10.5 Å². The van der Waals surface area contributed by atoms with E-state index in [1.54, 1.807) is 7.11 Å². The van der Waals surface area contributed by atoms with Crippen molar-refractivity contribution >= 4 is 11.8 Å². The second-order valence-corrected chi connectivity index (χ2v) is 8.92. The molecule has 156 valence electrons. The molecule has 0 atom stereocenters. The first-order valence-electron chi connectivity index (χ1n) is 10.6. The highest BCUT2D eigenvalue weighted by atomic mass is 16.6. The molecular weight excluding hydrogens is 362 g/mol. The monoisotopic (exact) mass is 395 g/mol. The molecule has 1 fully saturated rings. The van der Waals surface area contributed by atoms with Gasteiger partial charge in [-0.2, -0.15) is 0 Å². The Balaban J connectivity index is 1.97. The first kappa shape index (κ1) is 21.2. The molecule has 0 bridgehead atoms. The van der Waals surface area contributed by atoms with E-state index in [-0.39, 0.29) is 0 Å². The van der Waals surface area contributed by atoms with Gasteiger partial charge in [-0.1, -0.05) is 62.4 Å². The number of carbonyl (C=O) groups is 1. The van der Waals surface area contributed by atoms with E-state index < -0.39 is 11.7 Å². The molecule has 1 saturated carbocycles. The number of hydrogen-bond acceptors (Lipinski definition) is 3. The molecule has 29 heavy (non-hydrogen) atoms. The molecule has 0 radical (unpaired) electrons. The van der Waals surface area contributed by atoms with Crippen LogP contribution in [0.15, 0.2) is 42.5 Å². The molecule has 4 nitrogen and oxygen atoms in total. The molecule has 0 unspecified atom stereocenters. The Bertz CT molecular complexity index is 818. The third kappa shape index (κ3) is 5.99. The summed E-state index contributed by atoms with van der Waals surface area (Å²) in [6, 6.07) is 14.2. The van der Waals surface area contributed by atoms with E-state index in [1.807, 2.05) is 51.1 Å². The predicted molar refractivity (Wildman–Crippen MR) is 119 cm³/mol. The number of rotatable bonds is 5. The molecule has 3 rings (SSSR count). The van der Waals surface area contributed by atoms with Crippen molar-refractivity contribution in [3.63, 3.8) is 0 Å². The van der Waals surface area contributed by atoms with Gasteiger partial charge in [0.25, 0.3) is 0 Å². The minimum Gasteiger partial charge on any atom is -0.496 e. The zero-order valence-electron chi connectivity index (χ0n) is 18.1. The van der Waals surface area contributed by atoms with E-state index in [0.717, 1.165) is 34.5 Å². The number of amides is 1. The molecule has 0 heterocycles. The zero-order valence-corrected chi connectivity index (χ0v) is 18.1. The minimum absolute atomic E-state index is 0.440. The Hall–Kier alpha value is -2.49. The van der Waals surface area contributed by atoms with E-state index in [0.29, 0.717) is 5.92 Å². The molecule has 1 aliphatic carbocycles. The van der Waals surface area contributed by atoms with E-state index >= 15 is 0 Å². The maximum Gasteiger partial charge on any atom is 0.412 e. The predicted octanol–water partition coefficient (Wildman–Crippen LogP) is 6.83. The molecule has 0 aliphatic heterocycles. The average Bonchev–Trinajstić information content (AvgIpc) is 2.67. The van der Waals surface area contributed by atoms with Crippen molar-refractivity contribution in [1.82, 2.24) is 0 Å². The minimum atomic E-state index is -0.538. The molecule has 1 aliphatic rings. The van der Waals surface area contributed by atoms with E-state index in [9.17, 15) is 4.79 Å². The maximum absolute atomic E-state index is 12.4. The Morgan fingerprint density at radius 1 is 1.07 bits per heavy atom. The van der Waals surface area contributed by atoms with Crippen LogP contribution in [0.2, 0.25) is 0 Å². The Morgan fingerprint density at radius 3 is 2.38 bits per heavy atom. The van der Waals surface area contributed by atoms with Crippen LogP contribution < -0.4 is 10.1 Å². The lowest BCUT2D eigenvalue weighted by Gasteiger charge is -2.24. The lowest BCUT2D eigenvalue weighted by Crippen LogP contribution is -2.27. The summed E-state index contributed by atoms with van der Waals surface area (Å²) in [5, 5.41) is 2.92. The number of ether oxygens (including phenoxy) is 2. The Labute approximate surface area is 174 Å².